The number of benzene rings is 1. The molecule has 1 aliphatic heterocycles. The highest BCUT2D eigenvalue weighted by Crippen LogP contribution is 2.25. The smallest absolute Gasteiger partial charge is 0.262 e. The molecule has 0 bridgehead atoms. The van der Waals surface area contributed by atoms with Crippen LogP contribution in [0.25, 0.3) is 11.4 Å². The van der Waals surface area contributed by atoms with Crippen LogP contribution in [0.15, 0.2) is 28.8 Å². The number of alkyl halides is 2. The van der Waals surface area contributed by atoms with Crippen molar-refractivity contribution in [2.24, 2.45) is 0 Å². The summed E-state index contributed by atoms with van der Waals surface area (Å²) in [4.78, 5) is 15.9. The summed E-state index contributed by atoms with van der Waals surface area (Å²) in [7, 11) is 0. The van der Waals surface area contributed by atoms with E-state index >= 15 is 0 Å². The molecule has 1 amide bonds. The Balaban J connectivity index is 1.57. The molecule has 122 valence electrons. The molecule has 1 aromatic heterocycles. The Kier molecular flexibility index (Phi) is 4.27. The molecule has 0 saturated carbocycles. The maximum Gasteiger partial charge on any atom is 0.262 e. The first-order valence-corrected chi connectivity index (χ1v) is 7.28. The van der Waals surface area contributed by atoms with Gasteiger partial charge in [0.1, 0.15) is 0 Å². The standard InChI is InChI=1S/C14H13ClF2N4O2/c15-9-3-1-8(2-4-9)12-20-11(23-21-12)6-18-13(22)10-5-14(16,17)7-19-10/h1-4,10,19H,5-7H2,(H,18,22). The summed E-state index contributed by atoms with van der Waals surface area (Å²) in [6.07, 6.45) is -0.515. The Hall–Kier alpha value is -2.06. The van der Waals surface area contributed by atoms with Gasteiger partial charge in [-0.1, -0.05) is 16.8 Å². The number of carbonyl (C=O) groups is 1. The van der Waals surface area contributed by atoms with Crippen LogP contribution < -0.4 is 10.6 Å². The topological polar surface area (TPSA) is 80.1 Å². The van der Waals surface area contributed by atoms with Crippen LogP contribution in [-0.4, -0.2) is 34.6 Å². The molecule has 0 spiro atoms. The molecule has 1 aromatic carbocycles. The van der Waals surface area contributed by atoms with E-state index in [0.717, 1.165) is 0 Å². The van der Waals surface area contributed by atoms with Gasteiger partial charge in [-0.25, -0.2) is 8.78 Å². The lowest BCUT2D eigenvalue weighted by molar-refractivity contribution is -0.123. The molecule has 23 heavy (non-hydrogen) atoms. The van der Waals surface area contributed by atoms with E-state index in [4.69, 9.17) is 16.1 Å². The van der Waals surface area contributed by atoms with E-state index < -0.39 is 30.8 Å². The van der Waals surface area contributed by atoms with Gasteiger partial charge in [0.25, 0.3) is 5.92 Å². The van der Waals surface area contributed by atoms with Gasteiger partial charge >= 0.3 is 0 Å². The van der Waals surface area contributed by atoms with Gasteiger partial charge in [0.05, 0.1) is 19.1 Å². The number of nitrogens with zero attached hydrogens (tertiary/aromatic N) is 2. The lowest BCUT2D eigenvalue weighted by Gasteiger charge is -2.09. The average molecular weight is 343 g/mol. The van der Waals surface area contributed by atoms with E-state index in [1.807, 2.05) is 0 Å². The van der Waals surface area contributed by atoms with Crippen molar-refractivity contribution in [3.8, 4) is 11.4 Å². The third-order valence-electron chi connectivity index (χ3n) is 3.41. The fourth-order valence-corrected chi connectivity index (χ4v) is 2.36. The highest BCUT2D eigenvalue weighted by molar-refractivity contribution is 6.30. The van der Waals surface area contributed by atoms with Crippen LogP contribution in [0.1, 0.15) is 12.3 Å². The van der Waals surface area contributed by atoms with Crippen LogP contribution in [0.4, 0.5) is 8.78 Å². The van der Waals surface area contributed by atoms with Crippen molar-refractivity contribution in [3.05, 3.63) is 35.2 Å². The molecular weight excluding hydrogens is 330 g/mol. The molecule has 0 radical (unpaired) electrons. The van der Waals surface area contributed by atoms with Gasteiger partial charge in [-0.3, -0.25) is 10.1 Å². The van der Waals surface area contributed by atoms with Gasteiger partial charge in [-0.15, -0.1) is 0 Å². The monoisotopic (exact) mass is 342 g/mol. The van der Waals surface area contributed by atoms with Crippen molar-refractivity contribution in [2.45, 2.75) is 24.9 Å². The first-order valence-electron chi connectivity index (χ1n) is 6.90. The van der Waals surface area contributed by atoms with Gasteiger partial charge in [0.15, 0.2) is 0 Å². The third-order valence-corrected chi connectivity index (χ3v) is 3.66. The predicted molar refractivity (Wildman–Crippen MR) is 77.9 cm³/mol. The van der Waals surface area contributed by atoms with Crippen molar-refractivity contribution >= 4 is 17.5 Å². The molecule has 1 unspecified atom stereocenters. The summed E-state index contributed by atoms with van der Waals surface area (Å²) < 4.78 is 31.1. The van der Waals surface area contributed by atoms with Crippen LogP contribution in [0.3, 0.4) is 0 Å². The lowest BCUT2D eigenvalue weighted by Crippen LogP contribution is -2.40. The van der Waals surface area contributed by atoms with E-state index in [1.165, 1.54) is 0 Å². The first kappa shape index (κ1) is 15.8. The minimum atomic E-state index is -2.85. The molecule has 9 heteroatoms. The molecule has 2 N–H and O–H groups in total. The third kappa shape index (κ3) is 3.83. The van der Waals surface area contributed by atoms with Crippen molar-refractivity contribution in [1.29, 1.82) is 0 Å². The fraction of sp³-hybridized carbons (Fsp3) is 0.357. The number of halogens is 3. The van der Waals surface area contributed by atoms with Gasteiger partial charge in [0, 0.05) is 17.0 Å². The minimum Gasteiger partial charge on any atom is -0.346 e. The SMILES string of the molecule is O=C(NCc1nc(-c2ccc(Cl)cc2)no1)C1CC(F)(F)CN1. The zero-order chi connectivity index (χ0) is 16.4. The second-order valence-electron chi connectivity index (χ2n) is 5.23. The van der Waals surface area contributed by atoms with E-state index in [2.05, 4.69) is 20.8 Å². The summed E-state index contributed by atoms with van der Waals surface area (Å²) in [6, 6.07) is 5.95. The average Bonchev–Trinajstić information content (AvgIpc) is 3.12. The van der Waals surface area contributed by atoms with E-state index in [-0.39, 0.29) is 12.4 Å². The second-order valence-corrected chi connectivity index (χ2v) is 5.67. The lowest BCUT2D eigenvalue weighted by atomic mass is 10.2. The Morgan fingerprint density at radius 3 is 2.83 bits per heavy atom. The van der Waals surface area contributed by atoms with Gasteiger partial charge in [0.2, 0.25) is 17.6 Å². The number of hydrogen-bond donors (Lipinski definition) is 2. The maximum absolute atomic E-state index is 13.0. The zero-order valence-corrected chi connectivity index (χ0v) is 12.6. The Bertz CT molecular complexity index is 705. The number of amides is 1. The first-order chi connectivity index (χ1) is 10.9. The number of hydrogen-bond acceptors (Lipinski definition) is 5. The number of rotatable bonds is 4. The van der Waals surface area contributed by atoms with Crippen molar-refractivity contribution in [3.63, 3.8) is 0 Å². The molecule has 6 nitrogen and oxygen atoms in total. The molecule has 1 saturated heterocycles. The number of carbonyl (C=O) groups excluding carboxylic acids is 1. The van der Waals surface area contributed by atoms with Crippen LogP contribution >= 0.6 is 11.6 Å². The highest BCUT2D eigenvalue weighted by atomic mass is 35.5. The molecular formula is C14H13ClF2N4O2. The zero-order valence-electron chi connectivity index (χ0n) is 11.9. The molecule has 2 aromatic rings. The quantitative estimate of drug-likeness (QED) is 0.888. The van der Waals surface area contributed by atoms with Crippen molar-refractivity contribution in [2.75, 3.05) is 6.54 Å². The van der Waals surface area contributed by atoms with E-state index in [9.17, 15) is 13.6 Å². The molecule has 0 aliphatic carbocycles. The molecule has 3 rings (SSSR count). The maximum atomic E-state index is 13.0. The molecule has 2 heterocycles. The fourth-order valence-electron chi connectivity index (χ4n) is 2.23. The van der Waals surface area contributed by atoms with Crippen LogP contribution in [0, 0.1) is 0 Å². The van der Waals surface area contributed by atoms with E-state index in [0.29, 0.717) is 16.4 Å². The van der Waals surface area contributed by atoms with Crippen LogP contribution in [0.2, 0.25) is 5.02 Å². The summed E-state index contributed by atoms with van der Waals surface area (Å²) >= 11 is 5.80. The van der Waals surface area contributed by atoms with Crippen LogP contribution in [-0.2, 0) is 11.3 Å². The highest BCUT2D eigenvalue weighted by Gasteiger charge is 2.42. The Morgan fingerprint density at radius 1 is 1.43 bits per heavy atom. The van der Waals surface area contributed by atoms with E-state index in [1.54, 1.807) is 24.3 Å². The number of aromatic nitrogens is 2. The number of nitrogens with one attached hydrogen (secondary N) is 2. The van der Waals surface area contributed by atoms with Crippen molar-refractivity contribution < 1.29 is 18.1 Å². The normalized spacial score (nSPS) is 19.7. The summed E-state index contributed by atoms with van der Waals surface area (Å²) in [5.41, 5.74) is 0.716. The summed E-state index contributed by atoms with van der Waals surface area (Å²) in [5.74, 6) is -2.83. The Labute approximate surface area is 135 Å². The minimum absolute atomic E-state index is 0.0246. The molecule has 1 aliphatic rings. The molecule has 1 fully saturated rings. The van der Waals surface area contributed by atoms with Crippen LogP contribution in [0.5, 0.6) is 0 Å². The predicted octanol–water partition coefficient (Wildman–Crippen LogP) is 2.00. The summed E-state index contributed by atoms with van der Waals surface area (Å²) in [6.45, 7) is -0.518. The Morgan fingerprint density at radius 2 is 2.17 bits per heavy atom. The van der Waals surface area contributed by atoms with Gasteiger partial charge in [-0.05, 0) is 24.3 Å². The van der Waals surface area contributed by atoms with Gasteiger partial charge < -0.3 is 9.84 Å². The largest absolute Gasteiger partial charge is 0.346 e. The second kappa shape index (κ2) is 6.21. The van der Waals surface area contributed by atoms with Gasteiger partial charge in [-0.2, -0.15) is 4.98 Å². The molecule has 1 atom stereocenters. The van der Waals surface area contributed by atoms with Crippen molar-refractivity contribution in [1.82, 2.24) is 20.8 Å². The summed E-state index contributed by atoms with van der Waals surface area (Å²) in [5, 5.41) is 9.37.